The fourth-order valence-electron chi connectivity index (χ4n) is 3.81. The van der Waals surface area contributed by atoms with Gasteiger partial charge < -0.3 is 9.84 Å². The molecule has 1 N–H and O–H groups in total. The molecule has 1 heterocycles. The van der Waals surface area contributed by atoms with Crippen molar-refractivity contribution in [1.29, 1.82) is 0 Å². The summed E-state index contributed by atoms with van der Waals surface area (Å²) in [6.45, 7) is 8.29. The number of hydrogen-bond donors (Lipinski definition) is 1. The highest BCUT2D eigenvalue weighted by Crippen LogP contribution is 2.32. The summed E-state index contributed by atoms with van der Waals surface area (Å²) in [7, 11) is 0. The summed E-state index contributed by atoms with van der Waals surface area (Å²) in [5.74, 6) is 0.921. The summed E-state index contributed by atoms with van der Waals surface area (Å²) in [6, 6.07) is 6.38. The Hall–Kier alpha value is -1.32. The largest absolute Gasteiger partial charge is 0.485 e. The van der Waals surface area contributed by atoms with Gasteiger partial charge >= 0.3 is 0 Å². The fourth-order valence-corrected chi connectivity index (χ4v) is 3.81. The molecule has 3 heteroatoms. The van der Waals surface area contributed by atoms with Crippen LogP contribution >= 0.6 is 0 Å². The van der Waals surface area contributed by atoms with Crippen molar-refractivity contribution in [3.8, 4) is 5.75 Å². The highest BCUT2D eigenvalue weighted by molar-refractivity contribution is 5.44. The highest BCUT2D eigenvalue weighted by Gasteiger charge is 2.38. The van der Waals surface area contributed by atoms with Gasteiger partial charge in [-0.15, -0.1) is 0 Å². The van der Waals surface area contributed by atoms with Gasteiger partial charge in [-0.2, -0.15) is 0 Å². The average Bonchev–Trinajstić information content (AvgIpc) is 3.08. The Morgan fingerprint density at radius 3 is 2.57 bits per heavy atom. The maximum Gasteiger partial charge on any atom is 0.131 e. The third-order valence-electron chi connectivity index (χ3n) is 5.32. The van der Waals surface area contributed by atoms with Gasteiger partial charge in [0.2, 0.25) is 0 Å². The number of hydrogen-bond acceptors (Lipinski definition) is 3. The Kier molecular flexibility index (Phi) is 4.79. The van der Waals surface area contributed by atoms with Gasteiger partial charge in [-0.25, -0.2) is 0 Å². The summed E-state index contributed by atoms with van der Waals surface area (Å²) in [5.41, 5.74) is 1.99. The molecule has 0 aromatic heterocycles. The Balaban J connectivity index is 1.75. The molecule has 0 spiro atoms. The van der Waals surface area contributed by atoms with E-state index in [2.05, 4.69) is 36.1 Å². The lowest BCUT2D eigenvalue weighted by atomic mass is 9.93. The van der Waals surface area contributed by atoms with Crippen molar-refractivity contribution in [3.63, 3.8) is 0 Å². The molecule has 1 aliphatic carbocycles. The Labute approximate surface area is 140 Å². The summed E-state index contributed by atoms with van der Waals surface area (Å²) < 4.78 is 6.33. The van der Waals surface area contributed by atoms with E-state index in [0.29, 0.717) is 0 Å². The van der Waals surface area contributed by atoms with Crippen LogP contribution in [0.15, 0.2) is 30.4 Å². The van der Waals surface area contributed by atoms with Crippen molar-refractivity contribution >= 4 is 0 Å². The quantitative estimate of drug-likeness (QED) is 0.846. The van der Waals surface area contributed by atoms with Gasteiger partial charge in [-0.1, -0.05) is 24.3 Å². The van der Waals surface area contributed by atoms with Crippen molar-refractivity contribution in [3.05, 3.63) is 41.5 Å². The minimum absolute atomic E-state index is 0.118. The first-order chi connectivity index (χ1) is 11.0. The monoisotopic (exact) mass is 315 g/mol. The number of rotatable bonds is 5. The van der Waals surface area contributed by atoms with E-state index in [0.717, 1.165) is 31.7 Å². The zero-order chi connectivity index (χ0) is 16.4. The SMILES string of the molecule is CC(C(O)C(C)(C)Oc1cccc2c1CC=CC2)N1CCCC1. The van der Waals surface area contributed by atoms with Crippen LogP contribution in [0.3, 0.4) is 0 Å². The summed E-state index contributed by atoms with van der Waals surface area (Å²) in [4.78, 5) is 2.37. The van der Waals surface area contributed by atoms with E-state index in [4.69, 9.17) is 4.74 Å². The van der Waals surface area contributed by atoms with Gasteiger partial charge in [0.25, 0.3) is 0 Å². The van der Waals surface area contributed by atoms with Crippen LogP contribution in [0, 0.1) is 0 Å². The second kappa shape index (κ2) is 6.66. The third-order valence-corrected chi connectivity index (χ3v) is 5.32. The van der Waals surface area contributed by atoms with Crippen LogP contribution in [0.5, 0.6) is 5.75 Å². The zero-order valence-corrected chi connectivity index (χ0v) is 14.6. The lowest BCUT2D eigenvalue weighted by Gasteiger charge is -2.39. The number of ether oxygens (including phenoxy) is 1. The predicted molar refractivity (Wildman–Crippen MR) is 94.0 cm³/mol. The van der Waals surface area contributed by atoms with Crippen LogP contribution in [-0.4, -0.2) is 40.8 Å². The molecule has 0 radical (unpaired) electrons. The zero-order valence-electron chi connectivity index (χ0n) is 14.6. The average molecular weight is 315 g/mol. The van der Waals surface area contributed by atoms with E-state index in [1.807, 2.05) is 19.9 Å². The number of fused-ring (bicyclic) bond motifs is 1. The highest BCUT2D eigenvalue weighted by atomic mass is 16.5. The minimum Gasteiger partial charge on any atom is -0.485 e. The first-order valence-corrected chi connectivity index (χ1v) is 8.86. The van der Waals surface area contributed by atoms with Gasteiger partial charge in [0.15, 0.2) is 0 Å². The van der Waals surface area contributed by atoms with Crippen LogP contribution in [0.25, 0.3) is 0 Å². The van der Waals surface area contributed by atoms with Gasteiger partial charge in [-0.3, -0.25) is 4.90 Å². The molecule has 3 nitrogen and oxygen atoms in total. The second-order valence-corrected chi connectivity index (χ2v) is 7.41. The topological polar surface area (TPSA) is 32.7 Å². The molecule has 1 aromatic rings. The number of aliphatic hydroxyl groups is 1. The standard InChI is InChI=1S/C20H29NO2/c1-15(21-13-6-7-14-21)19(22)20(2,3)23-18-12-8-10-16-9-4-5-11-17(16)18/h4-5,8,10,12,15,19,22H,6-7,9,11,13-14H2,1-3H3. The lowest BCUT2D eigenvalue weighted by molar-refractivity contribution is -0.0668. The molecule has 0 amide bonds. The molecule has 2 aliphatic rings. The maximum absolute atomic E-state index is 10.9. The van der Waals surface area contributed by atoms with Crippen LogP contribution < -0.4 is 4.74 Å². The first kappa shape index (κ1) is 16.5. The number of likely N-dealkylation sites (tertiary alicyclic amines) is 1. The predicted octanol–water partition coefficient (Wildman–Crippen LogP) is 3.34. The fraction of sp³-hybridized carbons (Fsp3) is 0.600. The Morgan fingerprint density at radius 2 is 1.83 bits per heavy atom. The molecule has 1 saturated heterocycles. The van der Waals surface area contributed by atoms with E-state index < -0.39 is 11.7 Å². The van der Waals surface area contributed by atoms with Gasteiger partial charge in [0.05, 0.1) is 0 Å². The number of allylic oxidation sites excluding steroid dienone is 2. The minimum atomic E-state index is -0.613. The van der Waals surface area contributed by atoms with E-state index in [1.54, 1.807) is 0 Å². The molecular weight excluding hydrogens is 286 g/mol. The number of nitrogens with zero attached hydrogens (tertiary/aromatic N) is 1. The third kappa shape index (κ3) is 3.46. The molecule has 2 atom stereocenters. The van der Waals surface area contributed by atoms with Gasteiger partial charge in [0.1, 0.15) is 17.5 Å². The molecule has 2 unspecified atom stereocenters. The summed E-state index contributed by atoms with van der Waals surface area (Å²) in [5, 5.41) is 10.9. The van der Waals surface area contributed by atoms with Crippen LogP contribution in [0.2, 0.25) is 0 Å². The van der Waals surface area contributed by atoms with Crippen LogP contribution in [0.1, 0.15) is 44.7 Å². The van der Waals surface area contributed by atoms with Crippen molar-refractivity contribution < 1.29 is 9.84 Å². The Bertz CT molecular complexity index is 573. The Morgan fingerprint density at radius 1 is 1.13 bits per heavy atom. The molecule has 1 aromatic carbocycles. The second-order valence-electron chi connectivity index (χ2n) is 7.41. The van der Waals surface area contributed by atoms with Crippen LogP contribution in [0.4, 0.5) is 0 Å². The lowest BCUT2D eigenvalue weighted by Crippen LogP contribution is -2.53. The van der Waals surface area contributed by atoms with Crippen molar-refractivity contribution in [2.24, 2.45) is 0 Å². The summed E-state index contributed by atoms with van der Waals surface area (Å²) >= 11 is 0. The van der Waals surface area contributed by atoms with E-state index in [1.165, 1.54) is 24.0 Å². The molecule has 23 heavy (non-hydrogen) atoms. The number of aliphatic hydroxyl groups excluding tert-OH is 1. The van der Waals surface area contributed by atoms with E-state index in [-0.39, 0.29) is 6.04 Å². The van der Waals surface area contributed by atoms with Gasteiger partial charge in [0, 0.05) is 11.6 Å². The summed E-state index contributed by atoms with van der Waals surface area (Å²) in [6.07, 6.45) is 8.25. The van der Waals surface area contributed by atoms with Crippen molar-refractivity contribution in [2.75, 3.05) is 13.1 Å². The maximum atomic E-state index is 10.9. The molecular formula is C20H29NO2. The van der Waals surface area contributed by atoms with Gasteiger partial charge in [-0.05, 0) is 71.2 Å². The molecule has 3 rings (SSSR count). The first-order valence-electron chi connectivity index (χ1n) is 8.86. The molecule has 1 fully saturated rings. The smallest absolute Gasteiger partial charge is 0.131 e. The van der Waals surface area contributed by atoms with Crippen molar-refractivity contribution in [2.45, 2.75) is 64.2 Å². The number of benzene rings is 1. The molecule has 126 valence electrons. The van der Waals surface area contributed by atoms with Crippen molar-refractivity contribution in [1.82, 2.24) is 4.90 Å². The molecule has 1 aliphatic heterocycles. The molecule has 0 bridgehead atoms. The normalized spacial score (nSPS) is 21.0. The molecule has 0 saturated carbocycles. The van der Waals surface area contributed by atoms with Crippen LogP contribution in [-0.2, 0) is 12.8 Å². The van der Waals surface area contributed by atoms with E-state index >= 15 is 0 Å². The van der Waals surface area contributed by atoms with E-state index in [9.17, 15) is 5.11 Å².